The number of sulfonamides is 1. The minimum atomic E-state index is -4.68. The van der Waals surface area contributed by atoms with Crippen LogP contribution in [-0.4, -0.2) is 37.5 Å². The SMILES string of the molecule is CSCC[C@H](NS(=O)(=O)c1cccc(C(F)(F)F)c1)C(=O)O. The number of carbonyl (C=O) groups is 1. The minimum absolute atomic E-state index is 0.0225. The Morgan fingerprint density at radius 3 is 2.55 bits per heavy atom. The average Bonchev–Trinajstić information content (AvgIpc) is 2.42. The number of hydrogen-bond donors (Lipinski definition) is 2. The smallest absolute Gasteiger partial charge is 0.416 e. The van der Waals surface area contributed by atoms with Gasteiger partial charge >= 0.3 is 12.1 Å². The Kier molecular flexibility index (Phi) is 6.27. The Morgan fingerprint density at radius 2 is 2.05 bits per heavy atom. The lowest BCUT2D eigenvalue weighted by molar-refractivity contribution is -0.139. The quantitative estimate of drug-likeness (QED) is 0.782. The fourth-order valence-electron chi connectivity index (χ4n) is 1.56. The maximum atomic E-state index is 12.6. The van der Waals surface area contributed by atoms with E-state index in [-0.39, 0.29) is 6.42 Å². The monoisotopic (exact) mass is 357 g/mol. The fourth-order valence-corrected chi connectivity index (χ4v) is 3.30. The van der Waals surface area contributed by atoms with Crippen LogP contribution in [0.2, 0.25) is 0 Å². The molecule has 2 N–H and O–H groups in total. The normalized spacial score (nSPS) is 13.8. The molecule has 0 saturated heterocycles. The molecule has 0 radical (unpaired) electrons. The van der Waals surface area contributed by atoms with Crippen LogP contribution >= 0.6 is 11.8 Å². The zero-order chi connectivity index (χ0) is 17.0. The fraction of sp³-hybridized carbons (Fsp3) is 0.417. The van der Waals surface area contributed by atoms with Crippen LogP contribution < -0.4 is 4.72 Å². The zero-order valence-corrected chi connectivity index (χ0v) is 13.1. The summed E-state index contributed by atoms with van der Waals surface area (Å²) in [5.74, 6) is -0.994. The van der Waals surface area contributed by atoms with E-state index in [0.717, 1.165) is 18.2 Å². The molecule has 124 valence electrons. The van der Waals surface area contributed by atoms with E-state index in [1.807, 2.05) is 4.72 Å². The van der Waals surface area contributed by atoms with E-state index < -0.39 is 38.7 Å². The van der Waals surface area contributed by atoms with Gasteiger partial charge in [-0.1, -0.05) is 6.07 Å². The van der Waals surface area contributed by atoms with E-state index in [9.17, 15) is 26.4 Å². The summed E-state index contributed by atoms with van der Waals surface area (Å²) in [6.07, 6.45) is -2.94. The first-order chi connectivity index (χ1) is 10.1. The third-order valence-electron chi connectivity index (χ3n) is 2.68. The number of rotatable bonds is 7. The molecule has 0 spiro atoms. The average molecular weight is 357 g/mol. The van der Waals surface area contributed by atoms with E-state index in [1.165, 1.54) is 11.8 Å². The number of hydrogen-bond acceptors (Lipinski definition) is 4. The molecule has 0 saturated carbocycles. The van der Waals surface area contributed by atoms with Crippen LogP contribution in [0, 0.1) is 0 Å². The summed E-state index contributed by atoms with van der Waals surface area (Å²) in [4.78, 5) is 10.4. The van der Waals surface area contributed by atoms with E-state index >= 15 is 0 Å². The number of carboxylic acids is 1. The molecule has 1 atom stereocenters. The molecule has 1 aromatic rings. The largest absolute Gasteiger partial charge is 0.480 e. The lowest BCUT2D eigenvalue weighted by atomic mass is 10.2. The first kappa shape index (κ1) is 18.8. The van der Waals surface area contributed by atoms with Crippen molar-refractivity contribution < 1.29 is 31.5 Å². The molecule has 0 aromatic heterocycles. The summed E-state index contributed by atoms with van der Waals surface area (Å²) in [6, 6.07) is 1.74. The van der Waals surface area contributed by atoms with E-state index in [1.54, 1.807) is 6.26 Å². The van der Waals surface area contributed by atoms with Crippen molar-refractivity contribution >= 4 is 27.8 Å². The van der Waals surface area contributed by atoms with Crippen molar-refractivity contribution in [3.8, 4) is 0 Å². The van der Waals surface area contributed by atoms with E-state index in [0.29, 0.717) is 11.8 Å². The van der Waals surface area contributed by atoms with Gasteiger partial charge in [-0.05, 0) is 36.6 Å². The molecule has 0 heterocycles. The molecule has 1 rings (SSSR count). The highest BCUT2D eigenvalue weighted by molar-refractivity contribution is 7.98. The van der Waals surface area contributed by atoms with Crippen molar-refractivity contribution in [1.29, 1.82) is 0 Å². The number of benzene rings is 1. The topological polar surface area (TPSA) is 83.5 Å². The third-order valence-corrected chi connectivity index (χ3v) is 4.79. The van der Waals surface area contributed by atoms with Gasteiger partial charge in [0.1, 0.15) is 6.04 Å². The Bertz CT molecular complexity index is 632. The maximum Gasteiger partial charge on any atom is 0.416 e. The van der Waals surface area contributed by atoms with Gasteiger partial charge in [-0.25, -0.2) is 8.42 Å². The predicted octanol–water partition coefficient (Wildman–Crippen LogP) is 2.19. The first-order valence-corrected chi connectivity index (χ1v) is 8.87. The standard InChI is InChI=1S/C12H14F3NO4S2/c1-21-6-5-10(11(17)18)16-22(19,20)9-4-2-3-8(7-9)12(13,14)15/h2-4,7,10,16H,5-6H2,1H3,(H,17,18)/t10-/m0/s1. The van der Waals surface area contributed by atoms with Gasteiger partial charge < -0.3 is 5.11 Å². The van der Waals surface area contributed by atoms with Crippen LogP contribution in [0.4, 0.5) is 13.2 Å². The lowest BCUT2D eigenvalue weighted by Gasteiger charge is -2.15. The summed E-state index contributed by atoms with van der Waals surface area (Å²) < 4.78 is 63.8. The number of thioether (sulfide) groups is 1. The van der Waals surface area contributed by atoms with Crippen molar-refractivity contribution in [2.24, 2.45) is 0 Å². The second-order valence-corrected chi connectivity index (χ2v) is 7.02. The summed E-state index contributed by atoms with van der Waals surface area (Å²) in [6.45, 7) is 0. The second-order valence-electron chi connectivity index (χ2n) is 4.32. The number of aliphatic carboxylic acids is 1. The highest BCUT2D eigenvalue weighted by Crippen LogP contribution is 2.30. The Labute approximate surface area is 130 Å². The van der Waals surface area contributed by atoms with Crippen molar-refractivity contribution in [1.82, 2.24) is 4.72 Å². The van der Waals surface area contributed by atoms with Crippen molar-refractivity contribution in [2.75, 3.05) is 12.0 Å². The molecule has 0 aliphatic carbocycles. The van der Waals surface area contributed by atoms with Gasteiger partial charge in [0.25, 0.3) is 0 Å². The highest BCUT2D eigenvalue weighted by Gasteiger charge is 2.32. The zero-order valence-electron chi connectivity index (χ0n) is 11.4. The van der Waals surface area contributed by atoms with Crippen LogP contribution in [0.15, 0.2) is 29.2 Å². The van der Waals surface area contributed by atoms with Gasteiger partial charge in [-0.3, -0.25) is 4.79 Å². The summed E-state index contributed by atoms with van der Waals surface area (Å²) >= 11 is 1.33. The van der Waals surface area contributed by atoms with Crippen molar-refractivity contribution in [3.05, 3.63) is 29.8 Å². The second kappa shape index (κ2) is 7.34. The molecule has 1 aromatic carbocycles. The molecule has 0 bridgehead atoms. The van der Waals surface area contributed by atoms with Gasteiger partial charge in [0, 0.05) is 0 Å². The van der Waals surface area contributed by atoms with Gasteiger partial charge in [0.15, 0.2) is 0 Å². The van der Waals surface area contributed by atoms with Crippen LogP contribution in [0.3, 0.4) is 0 Å². The first-order valence-electron chi connectivity index (χ1n) is 5.99. The molecule has 0 unspecified atom stereocenters. The Balaban J connectivity index is 3.05. The van der Waals surface area contributed by atoms with Crippen LogP contribution in [0.25, 0.3) is 0 Å². The molecule has 0 aliphatic rings. The van der Waals surface area contributed by atoms with Crippen molar-refractivity contribution in [3.63, 3.8) is 0 Å². The minimum Gasteiger partial charge on any atom is -0.480 e. The van der Waals surface area contributed by atoms with Crippen LogP contribution in [0.5, 0.6) is 0 Å². The highest BCUT2D eigenvalue weighted by atomic mass is 32.2. The van der Waals surface area contributed by atoms with Gasteiger partial charge in [-0.2, -0.15) is 29.7 Å². The van der Waals surface area contributed by atoms with Crippen LogP contribution in [-0.2, 0) is 21.0 Å². The molecule has 5 nitrogen and oxygen atoms in total. The third kappa shape index (κ3) is 5.18. The number of carboxylic acid groups (broad SMARTS) is 1. The summed E-state index contributed by atoms with van der Waals surface area (Å²) in [5.41, 5.74) is -1.12. The lowest BCUT2D eigenvalue weighted by Crippen LogP contribution is -2.41. The van der Waals surface area contributed by atoms with Crippen LogP contribution in [0.1, 0.15) is 12.0 Å². The molecule has 0 fully saturated rings. The molecule has 0 amide bonds. The Morgan fingerprint density at radius 1 is 1.41 bits per heavy atom. The van der Waals surface area contributed by atoms with E-state index in [4.69, 9.17) is 5.11 Å². The molecule has 0 aliphatic heterocycles. The van der Waals surface area contributed by atoms with E-state index in [2.05, 4.69) is 0 Å². The number of halogens is 3. The molecular weight excluding hydrogens is 343 g/mol. The molecule has 22 heavy (non-hydrogen) atoms. The molecular formula is C12H14F3NO4S2. The predicted molar refractivity (Wildman–Crippen MR) is 76.2 cm³/mol. The summed E-state index contributed by atoms with van der Waals surface area (Å²) in [7, 11) is -4.36. The van der Waals surface area contributed by atoms with Crippen molar-refractivity contribution in [2.45, 2.75) is 23.5 Å². The van der Waals surface area contributed by atoms with Gasteiger partial charge in [-0.15, -0.1) is 0 Å². The van der Waals surface area contributed by atoms with Gasteiger partial charge in [0.2, 0.25) is 10.0 Å². The number of alkyl halides is 3. The summed E-state index contributed by atoms with van der Waals surface area (Å²) in [5, 5.41) is 8.98. The maximum absolute atomic E-state index is 12.6. The Hall–Kier alpha value is -1.26. The van der Waals surface area contributed by atoms with Gasteiger partial charge in [0.05, 0.1) is 10.5 Å². The number of nitrogens with one attached hydrogen (secondary N) is 1. The molecule has 10 heteroatoms.